The van der Waals surface area contributed by atoms with E-state index in [9.17, 15) is 9.59 Å². The van der Waals surface area contributed by atoms with Crippen LogP contribution < -0.4 is 4.74 Å². The summed E-state index contributed by atoms with van der Waals surface area (Å²) < 4.78 is 11.0. The summed E-state index contributed by atoms with van der Waals surface area (Å²) in [5.41, 5.74) is 0.721. The van der Waals surface area contributed by atoms with Gasteiger partial charge in [0.2, 0.25) is 0 Å². The van der Waals surface area contributed by atoms with Gasteiger partial charge in [-0.3, -0.25) is 4.79 Å². The first kappa shape index (κ1) is 20.1. The van der Waals surface area contributed by atoms with Gasteiger partial charge in [0, 0.05) is 26.2 Å². The first-order valence-corrected chi connectivity index (χ1v) is 9.26. The van der Waals surface area contributed by atoms with Gasteiger partial charge < -0.3 is 19.3 Å². The summed E-state index contributed by atoms with van der Waals surface area (Å²) in [6.07, 6.45) is 1.39. The highest BCUT2D eigenvalue weighted by Crippen LogP contribution is 2.14. The number of hydrogen-bond donors (Lipinski definition) is 0. The molecule has 0 atom stereocenters. The molecule has 26 heavy (non-hydrogen) atoms. The van der Waals surface area contributed by atoms with Crippen LogP contribution in [0.4, 0.5) is 4.79 Å². The highest BCUT2D eigenvalue weighted by molar-refractivity contribution is 5.78. The second-order valence-electron chi connectivity index (χ2n) is 7.49. The number of ether oxygens (including phenoxy) is 2. The number of benzene rings is 1. The Bertz CT molecular complexity index is 607. The monoisotopic (exact) mass is 362 g/mol. The lowest BCUT2D eigenvalue weighted by Crippen LogP contribution is -2.41. The Morgan fingerprint density at radius 2 is 1.62 bits per heavy atom. The van der Waals surface area contributed by atoms with Crippen molar-refractivity contribution in [2.45, 2.75) is 46.1 Å². The number of carbonyl (C=O) groups is 2. The molecule has 0 aromatic heterocycles. The molecule has 0 spiro atoms. The molecular formula is C20H30N2O4. The fourth-order valence-electron chi connectivity index (χ4n) is 2.73. The van der Waals surface area contributed by atoms with E-state index < -0.39 is 5.60 Å². The summed E-state index contributed by atoms with van der Waals surface area (Å²) in [6, 6.07) is 7.78. The standard InChI is InChI=1S/C20H30N2O4/c1-5-16-7-9-17(10-8-16)25-15-18(23)21-11-6-12-22(14-13-21)19(24)26-20(2,3)4/h7-10H,5-6,11-15H2,1-4H3. The Morgan fingerprint density at radius 1 is 1.00 bits per heavy atom. The molecule has 1 aliphatic rings. The SMILES string of the molecule is CCc1ccc(OCC(=O)N2CCCN(C(=O)OC(C)(C)C)CC2)cc1. The number of carbonyl (C=O) groups excluding carboxylic acids is 2. The van der Waals surface area contributed by atoms with Gasteiger partial charge in [-0.1, -0.05) is 19.1 Å². The van der Waals surface area contributed by atoms with Crippen molar-refractivity contribution in [2.24, 2.45) is 0 Å². The van der Waals surface area contributed by atoms with Gasteiger partial charge in [-0.05, 0) is 51.3 Å². The summed E-state index contributed by atoms with van der Waals surface area (Å²) in [5, 5.41) is 0. The molecule has 0 saturated carbocycles. The molecule has 1 aliphatic heterocycles. The van der Waals surface area contributed by atoms with Crippen LogP contribution in [0.15, 0.2) is 24.3 Å². The van der Waals surface area contributed by atoms with Crippen molar-refractivity contribution in [3.8, 4) is 5.75 Å². The lowest BCUT2D eigenvalue weighted by Gasteiger charge is -2.26. The van der Waals surface area contributed by atoms with Crippen molar-refractivity contribution in [3.05, 3.63) is 29.8 Å². The Hall–Kier alpha value is -2.24. The normalized spacial score (nSPS) is 15.4. The minimum Gasteiger partial charge on any atom is -0.484 e. The molecule has 2 rings (SSSR count). The van der Waals surface area contributed by atoms with E-state index in [0.717, 1.165) is 12.8 Å². The molecule has 0 bridgehead atoms. The van der Waals surface area contributed by atoms with E-state index in [-0.39, 0.29) is 18.6 Å². The largest absolute Gasteiger partial charge is 0.484 e. The van der Waals surface area contributed by atoms with Crippen molar-refractivity contribution in [1.29, 1.82) is 0 Å². The highest BCUT2D eigenvalue weighted by Gasteiger charge is 2.26. The average Bonchev–Trinajstić information content (AvgIpc) is 2.85. The molecule has 0 aliphatic carbocycles. The maximum Gasteiger partial charge on any atom is 0.410 e. The zero-order valence-electron chi connectivity index (χ0n) is 16.3. The third-order valence-electron chi connectivity index (χ3n) is 4.19. The van der Waals surface area contributed by atoms with E-state index in [4.69, 9.17) is 9.47 Å². The minimum absolute atomic E-state index is 0.0118. The Balaban J connectivity index is 1.81. The summed E-state index contributed by atoms with van der Waals surface area (Å²) >= 11 is 0. The van der Waals surface area contributed by atoms with E-state index >= 15 is 0 Å². The lowest BCUT2D eigenvalue weighted by molar-refractivity contribution is -0.133. The molecule has 6 heteroatoms. The van der Waals surface area contributed by atoms with Crippen LogP contribution in [-0.2, 0) is 16.0 Å². The molecular weight excluding hydrogens is 332 g/mol. The molecule has 1 fully saturated rings. The number of nitrogens with zero attached hydrogens (tertiary/aromatic N) is 2. The number of aryl methyl sites for hydroxylation is 1. The van der Waals surface area contributed by atoms with E-state index in [1.165, 1.54) is 5.56 Å². The van der Waals surface area contributed by atoms with Crippen LogP contribution in [0.2, 0.25) is 0 Å². The van der Waals surface area contributed by atoms with Gasteiger partial charge in [-0.25, -0.2) is 4.79 Å². The molecule has 2 amide bonds. The molecule has 144 valence electrons. The smallest absolute Gasteiger partial charge is 0.410 e. The minimum atomic E-state index is -0.514. The van der Waals surface area contributed by atoms with E-state index in [0.29, 0.717) is 31.9 Å². The lowest BCUT2D eigenvalue weighted by atomic mass is 10.2. The first-order chi connectivity index (χ1) is 12.3. The molecule has 6 nitrogen and oxygen atoms in total. The predicted octanol–water partition coefficient (Wildman–Crippen LogP) is 3.10. The summed E-state index contributed by atoms with van der Waals surface area (Å²) in [4.78, 5) is 28.0. The number of amides is 2. The highest BCUT2D eigenvalue weighted by atomic mass is 16.6. The summed E-state index contributed by atoms with van der Waals surface area (Å²) in [7, 11) is 0. The summed E-state index contributed by atoms with van der Waals surface area (Å²) in [5.74, 6) is 0.636. The molecule has 0 unspecified atom stereocenters. The predicted molar refractivity (Wildman–Crippen MR) is 100 cm³/mol. The van der Waals surface area contributed by atoms with Gasteiger partial charge in [0.1, 0.15) is 11.4 Å². The Labute approximate surface area is 156 Å². The van der Waals surface area contributed by atoms with Gasteiger partial charge >= 0.3 is 6.09 Å². The van der Waals surface area contributed by atoms with E-state index in [2.05, 4.69) is 6.92 Å². The second-order valence-corrected chi connectivity index (χ2v) is 7.49. The van der Waals surface area contributed by atoms with Crippen LogP contribution in [0.1, 0.15) is 39.7 Å². The maximum absolute atomic E-state index is 12.4. The zero-order chi connectivity index (χ0) is 19.2. The van der Waals surface area contributed by atoms with Crippen LogP contribution in [0.3, 0.4) is 0 Å². The Morgan fingerprint density at radius 3 is 2.23 bits per heavy atom. The van der Waals surface area contributed by atoms with Crippen molar-refractivity contribution in [1.82, 2.24) is 9.80 Å². The number of hydrogen-bond acceptors (Lipinski definition) is 4. The van der Waals surface area contributed by atoms with Crippen LogP contribution in [0.25, 0.3) is 0 Å². The third kappa shape index (κ3) is 6.24. The second kappa shape index (κ2) is 8.92. The third-order valence-corrected chi connectivity index (χ3v) is 4.19. The van der Waals surface area contributed by atoms with Gasteiger partial charge in [-0.2, -0.15) is 0 Å². The summed E-state index contributed by atoms with van der Waals surface area (Å²) in [6.45, 7) is 9.85. The molecule has 1 saturated heterocycles. The quantitative estimate of drug-likeness (QED) is 0.826. The first-order valence-electron chi connectivity index (χ1n) is 9.26. The molecule has 1 aromatic carbocycles. The van der Waals surface area contributed by atoms with Crippen LogP contribution >= 0.6 is 0 Å². The van der Waals surface area contributed by atoms with Gasteiger partial charge in [0.05, 0.1) is 0 Å². The zero-order valence-corrected chi connectivity index (χ0v) is 16.3. The molecule has 1 heterocycles. The average molecular weight is 362 g/mol. The molecule has 1 aromatic rings. The fourth-order valence-corrected chi connectivity index (χ4v) is 2.73. The van der Waals surface area contributed by atoms with Gasteiger partial charge in [0.25, 0.3) is 5.91 Å². The van der Waals surface area contributed by atoms with Crippen molar-refractivity contribution in [3.63, 3.8) is 0 Å². The molecule has 0 radical (unpaired) electrons. The molecule has 0 N–H and O–H groups in total. The van der Waals surface area contributed by atoms with Crippen LogP contribution in [-0.4, -0.2) is 60.2 Å². The fraction of sp³-hybridized carbons (Fsp3) is 0.600. The van der Waals surface area contributed by atoms with Gasteiger partial charge in [-0.15, -0.1) is 0 Å². The van der Waals surface area contributed by atoms with Crippen LogP contribution in [0, 0.1) is 0 Å². The maximum atomic E-state index is 12.4. The van der Waals surface area contributed by atoms with Crippen molar-refractivity contribution < 1.29 is 19.1 Å². The van der Waals surface area contributed by atoms with E-state index in [1.807, 2.05) is 45.0 Å². The topological polar surface area (TPSA) is 59.1 Å². The Kier molecular flexibility index (Phi) is 6.89. The van der Waals surface area contributed by atoms with Crippen molar-refractivity contribution >= 4 is 12.0 Å². The van der Waals surface area contributed by atoms with E-state index in [1.54, 1.807) is 9.80 Å². The van der Waals surface area contributed by atoms with Crippen LogP contribution in [0.5, 0.6) is 5.75 Å². The van der Waals surface area contributed by atoms with Gasteiger partial charge in [0.15, 0.2) is 6.61 Å². The van der Waals surface area contributed by atoms with Crippen molar-refractivity contribution in [2.75, 3.05) is 32.8 Å². The number of rotatable bonds is 4.